The van der Waals surface area contributed by atoms with E-state index < -0.39 is 10.0 Å². The van der Waals surface area contributed by atoms with Crippen LogP contribution in [0.5, 0.6) is 5.75 Å². The molecule has 1 heterocycles. The molecular weight excluding hydrogens is 496 g/mol. The molecule has 1 saturated carbocycles. The molecule has 2 unspecified atom stereocenters. The maximum atomic E-state index is 13.2. The third-order valence-electron chi connectivity index (χ3n) is 7.64. The standard InChI is InChI=1S/C30H32N4O3S/c1-34(15-14-28-23(19-31)20-32-30-13-11-26(37-2)18-29(28)30)25-9-5-8-24(17-25)33-38(35,36)27-12-10-21-6-3-4-7-22(21)16-27/h3-4,6-7,10-13,16,18,20,24-25,33H,5,8-9,14-15,17H2,1-2H3. The van der Waals surface area contributed by atoms with E-state index in [0.717, 1.165) is 65.2 Å². The minimum Gasteiger partial charge on any atom is -0.497 e. The molecule has 8 heteroatoms. The quantitative estimate of drug-likeness (QED) is 0.345. The first-order valence-electron chi connectivity index (χ1n) is 12.9. The van der Waals surface area contributed by atoms with Crippen molar-refractivity contribution in [2.75, 3.05) is 20.7 Å². The number of ether oxygens (including phenoxy) is 1. The molecule has 0 radical (unpaired) electrons. The van der Waals surface area contributed by atoms with Crippen molar-refractivity contribution in [2.24, 2.45) is 0 Å². The minimum atomic E-state index is -3.62. The van der Waals surface area contributed by atoms with Gasteiger partial charge in [-0.05, 0) is 79.4 Å². The smallest absolute Gasteiger partial charge is 0.240 e. The number of rotatable bonds is 8. The number of likely N-dealkylation sites (N-methyl/N-ethyl adjacent to an activating group) is 1. The average Bonchev–Trinajstić information content (AvgIpc) is 2.94. The van der Waals surface area contributed by atoms with E-state index in [1.165, 1.54) is 0 Å². The van der Waals surface area contributed by atoms with Crippen molar-refractivity contribution >= 4 is 31.7 Å². The number of pyridine rings is 1. The maximum absolute atomic E-state index is 13.2. The first kappa shape index (κ1) is 26.1. The summed E-state index contributed by atoms with van der Waals surface area (Å²) in [5.74, 6) is 0.734. The number of nitriles is 1. The molecule has 38 heavy (non-hydrogen) atoms. The van der Waals surface area contributed by atoms with Gasteiger partial charge < -0.3 is 9.64 Å². The molecule has 2 atom stereocenters. The van der Waals surface area contributed by atoms with Crippen LogP contribution in [0.4, 0.5) is 0 Å². The molecule has 1 aliphatic carbocycles. The number of nitrogens with one attached hydrogen (secondary N) is 1. The number of fused-ring (bicyclic) bond motifs is 2. The molecule has 3 aromatic carbocycles. The van der Waals surface area contributed by atoms with Gasteiger partial charge in [0.2, 0.25) is 10.0 Å². The van der Waals surface area contributed by atoms with E-state index in [1.54, 1.807) is 25.4 Å². The Morgan fingerprint density at radius 1 is 1.11 bits per heavy atom. The van der Waals surface area contributed by atoms with E-state index in [0.29, 0.717) is 16.9 Å². The minimum absolute atomic E-state index is 0.117. The van der Waals surface area contributed by atoms with Gasteiger partial charge in [0.05, 0.1) is 23.1 Å². The summed E-state index contributed by atoms with van der Waals surface area (Å²) in [5, 5.41) is 12.6. The second kappa shape index (κ2) is 11.1. The fraction of sp³-hybridized carbons (Fsp3) is 0.333. The zero-order chi connectivity index (χ0) is 26.7. The Morgan fingerprint density at radius 3 is 2.71 bits per heavy atom. The van der Waals surface area contributed by atoms with Crippen molar-refractivity contribution in [1.29, 1.82) is 5.26 Å². The van der Waals surface area contributed by atoms with Crippen LogP contribution in [0, 0.1) is 11.3 Å². The molecule has 0 saturated heterocycles. The third kappa shape index (κ3) is 5.51. The highest BCUT2D eigenvalue weighted by atomic mass is 32.2. The SMILES string of the molecule is COc1ccc2ncc(C#N)c(CCN(C)C3CCCC(NS(=O)(=O)c4ccc5ccccc5c4)C3)c2c1. The molecule has 4 aromatic rings. The zero-order valence-corrected chi connectivity index (χ0v) is 22.5. The lowest BCUT2D eigenvalue weighted by molar-refractivity contribution is 0.178. The third-order valence-corrected chi connectivity index (χ3v) is 9.16. The molecule has 7 nitrogen and oxygen atoms in total. The van der Waals surface area contributed by atoms with Gasteiger partial charge >= 0.3 is 0 Å². The highest BCUT2D eigenvalue weighted by molar-refractivity contribution is 7.89. The zero-order valence-electron chi connectivity index (χ0n) is 21.7. The summed E-state index contributed by atoms with van der Waals surface area (Å²) in [6.07, 6.45) is 5.88. The summed E-state index contributed by atoms with van der Waals surface area (Å²) in [7, 11) is 0.0940. The molecule has 1 aromatic heterocycles. The van der Waals surface area contributed by atoms with Gasteiger partial charge in [-0.3, -0.25) is 4.98 Å². The van der Waals surface area contributed by atoms with E-state index in [1.807, 2.05) is 48.5 Å². The van der Waals surface area contributed by atoms with Gasteiger partial charge in [-0.15, -0.1) is 0 Å². The van der Waals surface area contributed by atoms with Crippen molar-refractivity contribution in [1.82, 2.24) is 14.6 Å². The Balaban J connectivity index is 1.27. The molecule has 0 bridgehead atoms. The lowest BCUT2D eigenvalue weighted by atomic mass is 9.90. The van der Waals surface area contributed by atoms with Crippen LogP contribution in [0.1, 0.15) is 36.8 Å². The van der Waals surface area contributed by atoms with Gasteiger partial charge in [0, 0.05) is 30.2 Å². The molecule has 1 N–H and O–H groups in total. The molecule has 1 fully saturated rings. The lowest BCUT2D eigenvalue weighted by Gasteiger charge is -2.35. The van der Waals surface area contributed by atoms with Gasteiger partial charge in [-0.25, -0.2) is 13.1 Å². The topological polar surface area (TPSA) is 95.3 Å². The molecule has 5 rings (SSSR count). The normalized spacial score (nSPS) is 18.1. The first-order valence-corrected chi connectivity index (χ1v) is 14.4. The highest BCUT2D eigenvalue weighted by Gasteiger charge is 2.28. The number of methoxy groups -OCH3 is 1. The predicted molar refractivity (Wildman–Crippen MR) is 150 cm³/mol. The van der Waals surface area contributed by atoms with Crippen molar-refractivity contribution in [2.45, 2.75) is 49.1 Å². The molecule has 196 valence electrons. The van der Waals surface area contributed by atoms with Crippen LogP contribution in [0.2, 0.25) is 0 Å². The van der Waals surface area contributed by atoms with E-state index in [-0.39, 0.29) is 12.1 Å². The van der Waals surface area contributed by atoms with Crippen LogP contribution < -0.4 is 9.46 Å². The average molecular weight is 529 g/mol. The van der Waals surface area contributed by atoms with E-state index in [4.69, 9.17) is 4.74 Å². The van der Waals surface area contributed by atoms with Gasteiger partial charge in [-0.1, -0.05) is 36.8 Å². The fourth-order valence-electron chi connectivity index (χ4n) is 5.48. The van der Waals surface area contributed by atoms with Crippen molar-refractivity contribution < 1.29 is 13.2 Å². The van der Waals surface area contributed by atoms with E-state index in [2.05, 4.69) is 27.7 Å². The Morgan fingerprint density at radius 2 is 1.92 bits per heavy atom. The Labute approximate surface area is 224 Å². The fourth-order valence-corrected chi connectivity index (χ4v) is 6.80. The monoisotopic (exact) mass is 528 g/mol. The van der Waals surface area contributed by atoms with Crippen LogP contribution in [-0.2, 0) is 16.4 Å². The number of benzene rings is 3. The predicted octanol–water partition coefficient (Wildman–Crippen LogP) is 5.03. The molecule has 0 spiro atoms. The van der Waals surface area contributed by atoms with Crippen LogP contribution in [-0.4, -0.2) is 51.1 Å². The van der Waals surface area contributed by atoms with Crippen LogP contribution in [0.15, 0.2) is 71.8 Å². The number of aromatic nitrogens is 1. The number of sulfonamides is 1. The first-order chi connectivity index (χ1) is 18.4. The number of nitrogens with zero attached hydrogens (tertiary/aromatic N) is 3. The number of hydrogen-bond donors (Lipinski definition) is 1. The molecule has 0 amide bonds. The van der Waals surface area contributed by atoms with Gasteiger partial charge in [-0.2, -0.15) is 5.26 Å². The molecular formula is C30H32N4O3S. The largest absolute Gasteiger partial charge is 0.497 e. The summed E-state index contributed by atoms with van der Waals surface area (Å²) in [6, 6.07) is 21.2. The molecule has 0 aliphatic heterocycles. The summed E-state index contributed by atoms with van der Waals surface area (Å²) in [6.45, 7) is 0.750. The van der Waals surface area contributed by atoms with E-state index >= 15 is 0 Å². The summed E-state index contributed by atoms with van der Waals surface area (Å²) >= 11 is 0. The van der Waals surface area contributed by atoms with Gasteiger partial charge in [0.25, 0.3) is 0 Å². The second-order valence-corrected chi connectivity index (χ2v) is 11.7. The summed E-state index contributed by atoms with van der Waals surface area (Å²) < 4.78 is 34.8. The van der Waals surface area contributed by atoms with Crippen LogP contribution >= 0.6 is 0 Å². The Kier molecular flexibility index (Phi) is 7.61. The lowest BCUT2D eigenvalue weighted by Crippen LogP contribution is -2.45. The van der Waals surface area contributed by atoms with Crippen molar-refractivity contribution in [3.05, 3.63) is 78.0 Å². The van der Waals surface area contributed by atoms with Crippen LogP contribution in [0.3, 0.4) is 0 Å². The summed E-state index contributed by atoms with van der Waals surface area (Å²) in [4.78, 5) is 7.03. The Hall–Kier alpha value is -3.51. The van der Waals surface area contributed by atoms with Gasteiger partial charge in [0.15, 0.2) is 0 Å². The van der Waals surface area contributed by atoms with Gasteiger partial charge in [0.1, 0.15) is 11.8 Å². The van der Waals surface area contributed by atoms with E-state index in [9.17, 15) is 13.7 Å². The number of hydrogen-bond acceptors (Lipinski definition) is 6. The summed E-state index contributed by atoms with van der Waals surface area (Å²) in [5.41, 5.74) is 2.37. The van der Waals surface area contributed by atoms with Crippen molar-refractivity contribution in [3.8, 4) is 11.8 Å². The highest BCUT2D eigenvalue weighted by Crippen LogP contribution is 2.28. The van der Waals surface area contributed by atoms with Crippen molar-refractivity contribution in [3.63, 3.8) is 0 Å². The van der Waals surface area contributed by atoms with Crippen LogP contribution in [0.25, 0.3) is 21.7 Å². The molecule has 1 aliphatic rings. The second-order valence-electron chi connectivity index (χ2n) is 10.0. The maximum Gasteiger partial charge on any atom is 0.240 e. The Bertz CT molecular complexity index is 1610.